The number of pyridine rings is 1. The third-order valence-electron chi connectivity index (χ3n) is 2.66. The van der Waals surface area contributed by atoms with Gasteiger partial charge in [-0.05, 0) is 30.9 Å². The van der Waals surface area contributed by atoms with Gasteiger partial charge in [0.25, 0.3) is 0 Å². The zero-order valence-corrected chi connectivity index (χ0v) is 10.8. The van der Waals surface area contributed by atoms with E-state index in [1.807, 2.05) is 0 Å². The molecule has 100 valence electrons. The first-order valence-corrected chi connectivity index (χ1v) is 7.35. The van der Waals surface area contributed by atoms with E-state index in [0.29, 0.717) is 18.3 Å². The number of nitrogens with one attached hydrogen (secondary N) is 1. The van der Waals surface area contributed by atoms with E-state index in [0.717, 1.165) is 6.61 Å². The molecule has 1 aliphatic rings. The number of nitrogen functional groups attached to an aromatic ring is 1. The van der Waals surface area contributed by atoms with E-state index in [9.17, 15) is 8.42 Å². The Hall–Kier alpha value is -1.18. The van der Waals surface area contributed by atoms with Crippen LogP contribution in [0, 0.1) is 5.92 Å². The lowest BCUT2D eigenvalue weighted by Gasteiger charge is -2.07. The maximum atomic E-state index is 11.8. The van der Waals surface area contributed by atoms with Crippen LogP contribution in [-0.2, 0) is 14.8 Å². The van der Waals surface area contributed by atoms with Gasteiger partial charge in [0.05, 0.1) is 6.61 Å². The van der Waals surface area contributed by atoms with Gasteiger partial charge in [0.15, 0.2) is 0 Å². The number of rotatable bonds is 7. The van der Waals surface area contributed by atoms with Gasteiger partial charge in [-0.1, -0.05) is 0 Å². The van der Waals surface area contributed by atoms with Crippen molar-refractivity contribution in [1.29, 1.82) is 0 Å². The highest BCUT2D eigenvalue weighted by Gasteiger charge is 2.21. The lowest BCUT2D eigenvalue weighted by molar-refractivity contribution is 0.129. The summed E-state index contributed by atoms with van der Waals surface area (Å²) in [7, 11) is -3.51. The van der Waals surface area contributed by atoms with Crippen LogP contribution < -0.4 is 10.5 Å². The van der Waals surface area contributed by atoms with E-state index in [1.165, 1.54) is 31.2 Å². The first kappa shape index (κ1) is 13.3. The van der Waals surface area contributed by atoms with Gasteiger partial charge >= 0.3 is 0 Å². The molecule has 1 aliphatic carbocycles. The number of nitrogens with zero attached hydrogens (tertiary/aromatic N) is 1. The summed E-state index contributed by atoms with van der Waals surface area (Å²) in [5.74, 6) is 0.977. The second kappa shape index (κ2) is 5.64. The van der Waals surface area contributed by atoms with Crippen molar-refractivity contribution in [2.75, 3.05) is 25.5 Å². The second-order valence-electron chi connectivity index (χ2n) is 4.33. The number of nitrogens with two attached hydrogens (primary N) is 1. The van der Waals surface area contributed by atoms with Gasteiger partial charge < -0.3 is 10.5 Å². The maximum absolute atomic E-state index is 11.8. The highest BCUT2D eigenvalue weighted by molar-refractivity contribution is 7.89. The van der Waals surface area contributed by atoms with Crippen LogP contribution in [0.2, 0.25) is 0 Å². The third-order valence-corrected chi connectivity index (χ3v) is 4.10. The fraction of sp³-hybridized carbons (Fsp3) is 0.545. The Morgan fingerprint density at radius 3 is 2.83 bits per heavy atom. The lowest BCUT2D eigenvalue weighted by atomic mass is 10.5. The average Bonchev–Trinajstić information content (AvgIpc) is 3.13. The highest BCUT2D eigenvalue weighted by Crippen LogP contribution is 2.28. The summed E-state index contributed by atoms with van der Waals surface area (Å²) in [4.78, 5) is 3.86. The quantitative estimate of drug-likeness (QED) is 0.699. The van der Waals surface area contributed by atoms with E-state index >= 15 is 0 Å². The van der Waals surface area contributed by atoms with E-state index in [4.69, 9.17) is 10.5 Å². The molecule has 3 N–H and O–H groups in total. The van der Waals surface area contributed by atoms with Crippen LogP contribution in [0.15, 0.2) is 23.2 Å². The molecule has 7 heteroatoms. The summed E-state index contributed by atoms with van der Waals surface area (Å²) in [6, 6.07) is 2.88. The van der Waals surface area contributed by atoms with Crippen molar-refractivity contribution in [1.82, 2.24) is 9.71 Å². The number of sulfonamides is 1. The Morgan fingerprint density at radius 1 is 1.44 bits per heavy atom. The smallest absolute Gasteiger partial charge is 0.242 e. The topological polar surface area (TPSA) is 94.3 Å². The Balaban J connectivity index is 1.77. The summed E-state index contributed by atoms with van der Waals surface area (Å²) in [5, 5.41) is 0. The molecule has 0 saturated heterocycles. The summed E-state index contributed by atoms with van der Waals surface area (Å²) in [6.07, 6.45) is 3.69. The Bertz CT molecular complexity index is 483. The maximum Gasteiger partial charge on any atom is 0.242 e. The first-order valence-electron chi connectivity index (χ1n) is 5.87. The van der Waals surface area contributed by atoms with Gasteiger partial charge in [0.1, 0.15) is 10.7 Å². The summed E-state index contributed by atoms with van der Waals surface area (Å²) >= 11 is 0. The highest BCUT2D eigenvalue weighted by atomic mass is 32.2. The number of anilines is 1. The fourth-order valence-electron chi connectivity index (χ4n) is 1.42. The average molecular weight is 271 g/mol. The van der Waals surface area contributed by atoms with Gasteiger partial charge in [0, 0.05) is 19.3 Å². The van der Waals surface area contributed by atoms with Gasteiger partial charge in [-0.2, -0.15) is 0 Å². The summed E-state index contributed by atoms with van der Waals surface area (Å²) < 4.78 is 31.4. The molecular formula is C11H17N3O3S. The van der Waals surface area contributed by atoms with Crippen LogP contribution >= 0.6 is 0 Å². The summed E-state index contributed by atoms with van der Waals surface area (Å²) in [6.45, 7) is 1.38. The van der Waals surface area contributed by atoms with Crippen molar-refractivity contribution >= 4 is 15.8 Å². The van der Waals surface area contributed by atoms with Crippen LogP contribution in [0.5, 0.6) is 0 Å². The Labute approximate surface area is 107 Å². The second-order valence-corrected chi connectivity index (χ2v) is 6.10. The number of aromatic nitrogens is 1. The predicted octanol–water partition coefficient (Wildman–Crippen LogP) is 0.369. The normalized spacial score (nSPS) is 15.8. The van der Waals surface area contributed by atoms with E-state index in [-0.39, 0.29) is 11.4 Å². The van der Waals surface area contributed by atoms with Crippen molar-refractivity contribution in [3.05, 3.63) is 18.3 Å². The van der Waals surface area contributed by atoms with E-state index < -0.39 is 10.0 Å². The standard InChI is InChI=1S/C11H17N3O3S/c12-11-4-3-10(7-13-11)18(15,16)14-5-6-17-8-9-1-2-9/h3-4,7,9,14H,1-2,5-6,8H2,(H2,12,13). The Kier molecular flexibility index (Phi) is 4.15. The molecule has 1 aromatic rings. The van der Waals surface area contributed by atoms with Crippen molar-refractivity contribution in [3.63, 3.8) is 0 Å². The molecule has 1 heterocycles. The van der Waals surface area contributed by atoms with Crippen LogP contribution in [-0.4, -0.2) is 33.2 Å². The van der Waals surface area contributed by atoms with Crippen molar-refractivity contribution in [2.24, 2.45) is 5.92 Å². The molecule has 0 atom stereocenters. The molecule has 18 heavy (non-hydrogen) atoms. The zero-order chi connectivity index (χ0) is 13.0. The molecule has 0 spiro atoms. The predicted molar refractivity (Wildman–Crippen MR) is 67.4 cm³/mol. The van der Waals surface area contributed by atoms with Crippen LogP contribution in [0.3, 0.4) is 0 Å². The lowest BCUT2D eigenvalue weighted by Crippen LogP contribution is -2.27. The largest absolute Gasteiger partial charge is 0.384 e. The van der Waals surface area contributed by atoms with Crippen molar-refractivity contribution in [2.45, 2.75) is 17.7 Å². The molecule has 2 rings (SSSR count). The first-order chi connectivity index (χ1) is 8.58. The molecular weight excluding hydrogens is 254 g/mol. The molecule has 0 bridgehead atoms. The van der Waals surface area contributed by atoms with Crippen LogP contribution in [0.4, 0.5) is 5.82 Å². The number of hydrogen-bond acceptors (Lipinski definition) is 5. The van der Waals surface area contributed by atoms with Crippen LogP contribution in [0.1, 0.15) is 12.8 Å². The number of hydrogen-bond donors (Lipinski definition) is 2. The van der Waals surface area contributed by atoms with Crippen molar-refractivity contribution in [3.8, 4) is 0 Å². The SMILES string of the molecule is Nc1ccc(S(=O)(=O)NCCOCC2CC2)cn1. The Morgan fingerprint density at radius 2 is 2.22 bits per heavy atom. The van der Waals surface area contributed by atoms with Gasteiger partial charge in [0.2, 0.25) is 10.0 Å². The zero-order valence-electron chi connectivity index (χ0n) is 10.0. The summed E-state index contributed by atoms with van der Waals surface area (Å²) in [5.41, 5.74) is 5.40. The van der Waals surface area contributed by atoms with Gasteiger partial charge in [-0.25, -0.2) is 18.1 Å². The van der Waals surface area contributed by atoms with Gasteiger partial charge in [-0.15, -0.1) is 0 Å². The minimum absolute atomic E-state index is 0.110. The van der Waals surface area contributed by atoms with Crippen molar-refractivity contribution < 1.29 is 13.2 Å². The fourth-order valence-corrected chi connectivity index (χ4v) is 2.37. The molecule has 0 aromatic carbocycles. The molecule has 1 fully saturated rings. The molecule has 6 nitrogen and oxygen atoms in total. The minimum Gasteiger partial charge on any atom is -0.384 e. The monoisotopic (exact) mass is 271 g/mol. The van der Waals surface area contributed by atoms with E-state index in [2.05, 4.69) is 9.71 Å². The molecule has 0 unspecified atom stereocenters. The van der Waals surface area contributed by atoms with E-state index in [1.54, 1.807) is 0 Å². The third kappa shape index (κ3) is 3.94. The molecule has 1 saturated carbocycles. The van der Waals surface area contributed by atoms with Gasteiger partial charge in [-0.3, -0.25) is 0 Å². The molecule has 0 radical (unpaired) electrons. The molecule has 0 aliphatic heterocycles. The molecule has 1 aromatic heterocycles. The number of ether oxygens (including phenoxy) is 1. The molecule has 0 amide bonds. The minimum atomic E-state index is -3.51. The van der Waals surface area contributed by atoms with Crippen LogP contribution in [0.25, 0.3) is 0 Å².